The van der Waals surface area contributed by atoms with Crippen molar-refractivity contribution in [3.8, 4) is 16.9 Å². The van der Waals surface area contributed by atoms with E-state index in [1.54, 1.807) is 23.7 Å². The molecule has 0 saturated heterocycles. The minimum Gasteiger partial charge on any atom is -0.452 e. The lowest BCUT2D eigenvalue weighted by Crippen LogP contribution is -2.19. The van der Waals surface area contributed by atoms with Crippen molar-refractivity contribution in [2.45, 2.75) is 13.8 Å². The Balaban J connectivity index is 1.48. The molecule has 0 saturated carbocycles. The summed E-state index contributed by atoms with van der Waals surface area (Å²) >= 11 is 0. The van der Waals surface area contributed by atoms with E-state index in [0.717, 1.165) is 28.1 Å². The van der Waals surface area contributed by atoms with Crippen molar-refractivity contribution < 1.29 is 18.8 Å². The summed E-state index contributed by atoms with van der Waals surface area (Å²) in [5, 5.41) is 10.9. The van der Waals surface area contributed by atoms with E-state index >= 15 is 0 Å². The standard InChI is InChI=1S/C25H22N4O4/c1-17-8-10-19(11-9-17)25-20(15-29(27-25)21-6-4-3-5-7-21)12-13-24(31)32-16-22(30)26-23-14-18(2)28-33-23/h3-15H,16H2,1-2H3,(H,26,30)/b13-12+. The van der Waals surface area contributed by atoms with Crippen molar-refractivity contribution in [3.05, 3.63) is 89.8 Å². The summed E-state index contributed by atoms with van der Waals surface area (Å²) in [5.41, 5.74) is 5.05. The number of para-hydroxylation sites is 1. The fourth-order valence-electron chi connectivity index (χ4n) is 3.10. The highest BCUT2D eigenvalue weighted by molar-refractivity contribution is 5.94. The van der Waals surface area contributed by atoms with Gasteiger partial charge in [-0.3, -0.25) is 10.1 Å². The van der Waals surface area contributed by atoms with Gasteiger partial charge in [0.25, 0.3) is 5.91 Å². The van der Waals surface area contributed by atoms with Crippen LogP contribution in [-0.2, 0) is 14.3 Å². The van der Waals surface area contributed by atoms with Gasteiger partial charge in [0.2, 0.25) is 5.88 Å². The number of anilines is 1. The molecule has 1 amide bonds. The van der Waals surface area contributed by atoms with Gasteiger partial charge >= 0.3 is 5.97 Å². The Hall–Kier alpha value is -4.46. The molecule has 4 aromatic rings. The van der Waals surface area contributed by atoms with Gasteiger partial charge in [0.05, 0.1) is 17.1 Å². The number of aromatic nitrogens is 3. The smallest absolute Gasteiger partial charge is 0.331 e. The van der Waals surface area contributed by atoms with Gasteiger partial charge in [-0.2, -0.15) is 5.10 Å². The molecule has 0 bridgehead atoms. The maximum absolute atomic E-state index is 12.2. The number of nitrogens with zero attached hydrogens (tertiary/aromatic N) is 3. The third-order valence-electron chi connectivity index (χ3n) is 4.72. The van der Waals surface area contributed by atoms with Crippen LogP contribution in [0.1, 0.15) is 16.8 Å². The number of hydrogen-bond donors (Lipinski definition) is 1. The monoisotopic (exact) mass is 442 g/mol. The van der Waals surface area contributed by atoms with Crippen molar-refractivity contribution in [2.75, 3.05) is 11.9 Å². The number of ether oxygens (including phenoxy) is 1. The number of carbonyl (C=O) groups is 2. The summed E-state index contributed by atoms with van der Waals surface area (Å²) in [6, 6.07) is 19.2. The van der Waals surface area contributed by atoms with E-state index in [-0.39, 0.29) is 5.88 Å². The first-order chi connectivity index (χ1) is 16.0. The van der Waals surface area contributed by atoms with Crippen molar-refractivity contribution in [3.63, 3.8) is 0 Å². The minimum absolute atomic E-state index is 0.195. The largest absolute Gasteiger partial charge is 0.452 e. The number of benzene rings is 2. The molecule has 0 aliphatic heterocycles. The second kappa shape index (κ2) is 9.78. The summed E-state index contributed by atoms with van der Waals surface area (Å²) < 4.78 is 11.7. The molecule has 2 aromatic heterocycles. The Bertz CT molecular complexity index is 1290. The molecule has 0 radical (unpaired) electrons. The summed E-state index contributed by atoms with van der Waals surface area (Å²) in [6.45, 7) is 3.30. The zero-order valence-corrected chi connectivity index (χ0v) is 18.2. The van der Waals surface area contributed by atoms with Gasteiger partial charge < -0.3 is 9.26 Å². The number of nitrogens with one attached hydrogen (secondary N) is 1. The number of aryl methyl sites for hydroxylation is 2. The van der Waals surface area contributed by atoms with E-state index in [1.807, 2.05) is 67.7 Å². The van der Waals surface area contributed by atoms with Gasteiger partial charge in [0.15, 0.2) is 6.61 Å². The zero-order chi connectivity index (χ0) is 23.2. The molecule has 33 heavy (non-hydrogen) atoms. The number of carbonyl (C=O) groups excluding carboxylic acids is 2. The van der Waals surface area contributed by atoms with Gasteiger partial charge in [0.1, 0.15) is 0 Å². The molecule has 166 valence electrons. The van der Waals surface area contributed by atoms with Gasteiger partial charge in [-0.15, -0.1) is 0 Å². The van der Waals surface area contributed by atoms with Crippen LogP contribution < -0.4 is 5.32 Å². The quantitative estimate of drug-likeness (QED) is 0.338. The van der Waals surface area contributed by atoms with Crippen molar-refractivity contribution in [1.82, 2.24) is 14.9 Å². The summed E-state index contributed by atoms with van der Waals surface area (Å²) in [5.74, 6) is -0.980. The van der Waals surface area contributed by atoms with Gasteiger partial charge in [-0.1, -0.05) is 53.2 Å². The molecule has 2 heterocycles. The van der Waals surface area contributed by atoms with Crippen LogP contribution in [-0.4, -0.2) is 33.4 Å². The first-order valence-corrected chi connectivity index (χ1v) is 10.3. The molecule has 0 aliphatic carbocycles. The lowest BCUT2D eigenvalue weighted by atomic mass is 10.1. The average molecular weight is 442 g/mol. The van der Waals surface area contributed by atoms with E-state index in [9.17, 15) is 9.59 Å². The van der Waals surface area contributed by atoms with Crippen LogP contribution in [0.5, 0.6) is 0 Å². The van der Waals surface area contributed by atoms with E-state index in [1.165, 1.54) is 6.08 Å². The topological polar surface area (TPSA) is 99.2 Å². The number of esters is 1. The molecule has 0 fully saturated rings. The van der Waals surface area contributed by atoms with E-state index in [0.29, 0.717) is 5.69 Å². The third kappa shape index (κ3) is 5.62. The van der Waals surface area contributed by atoms with Crippen LogP contribution in [0.2, 0.25) is 0 Å². The molecule has 0 spiro atoms. The zero-order valence-electron chi connectivity index (χ0n) is 18.2. The van der Waals surface area contributed by atoms with E-state index in [4.69, 9.17) is 14.4 Å². The third-order valence-corrected chi connectivity index (χ3v) is 4.72. The Kier molecular flexibility index (Phi) is 6.45. The highest BCUT2D eigenvalue weighted by Crippen LogP contribution is 2.25. The Morgan fingerprint density at radius 1 is 1.09 bits per heavy atom. The maximum atomic E-state index is 12.2. The van der Waals surface area contributed by atoms with Gasteiger partial charge in [0, 0.05) is 29.5 Å². The van der Waals surface area contributed by atoms with Crippen molar-refractivity contribution in [1.29, 1.82) is 0 Å². The molecule has 1 N–H and O–H groups in total. The maximum Gasteiger partial charge on any atom is 0.331 e. The van der Waals surface area contributed by atoms with E-state index in [2.05, 4.69) is 10.5 Å². The van der Waals surface area contributed by atoms with Crippen molar-refractivity contribution in [2.24, 2.45) is 0 Å². The van der Waals surface area contributed by atoms with Crippen molar-refractivity contribution >= 4 is 23.8 Å². The van der Waals surface area contributed by atoms with Crippen LogP contribution in [0.15, 0.2) is 77.5 Å². The predicted molar refractivity (Wildman–Crippen MR) is 124 cm³/mol. The number of rotatable bonds is 7. The second-order valence-electron chi connectivity index (χ2n) is 7.40. The van der Waals surface area contributed by atoms with Crippen LogP contribution in [0.3, 0.4) is 0 Å². The van der Waals surface area contributed by atoms with Crippen LogP contribution >= 0.6 is 0 Å². The predicted octanol–water partition coefficient (Wildman–Crippen LogP) is 4.34. The normalized spacial score (nSPS) is 11.0. The molecule has 0 aliphatic rings. The molecular formula is C25H22N4O4. The van der Waals surface area contributed by atoms with Gasteiger partial charge in [-0.05, 0) is 32.1 Å². The number of hydrogen-bond acceptors (Lipinski definition) is 6. The van der Waals surface area contributed by atoms with E-state index < -0.39 is 18.5 Å². The Labute approximate surface area is 190 Å². The Morgan fingerprint density at radius 2 is 1.85 bits per heavy atom. The highest BCUT2D eigenvalue weighted by Gasteiger charge is 2.12. The van der Waals surface area contributed by atoms with Crippen LogP contribution in [0.4, 0.5) is 5.88 Å². The first kappa shape index (κ1) is 21.8. The summed E-state index contributed by atoms with van der Waals surface area (Å²) in [4.78, 5) is 24.1. The average Bonchev–Trinajstić information content (AvgIpc) is 3.43. The molecule has 0 unspecified atom stereocenters. The number of amides is 1. The van der Waals surface area contributed by atoms with Crippen LogP contribution in [0.25, 0.3) is 23.0 Å². The SMILES string of the molecule is Cc1ccc(-c2nn(-c3ccccc3)cc2/C=C/C(=O)OCC(=O)Nc2cc(C)no2)cc1. The second-order valence-corrected chi connectivity index (χ2v) is 7.40. The first-order valence-electron chi connectivity index (χ1n) is 10.3. The highest BCUT2D eigenvalue weighted by atomic mass is 16.5. The molecule has 4 rings (SSSR count). The van der Waals surface area contributed by atoms with Gasteiger partial charge in [-0.25, -0.2) is 9.48 Å². The lowest BCUT2D eigenvalue weighted by molar-refractivity contribution is -0.142. The molecular weight excluding hydrogens is 420 g/mol. The van der Waals surface area contributed by atoms with Crippen LogP contribution in [0, 0.1) is 13.8 Å². The summed E-state index contributed by atoms with van der Waals surface area (Å²) in [6.07, 6.45) is 4.74. The molecule has 8 heteroatoms. The molecule has 2 aromatic carbocycles. The fourth-order valence-corrected chi connectivity index (χ4v) is 3.10. The fraction of sp³-hybridized carbons (Fsp3) is 0.120. The lowest BCUT2D eigenvalue weighted by Gasteiger charge is -2.02. The molecule has 0 atom stereocenters. The Morgan fingerprint density at radius 3 is 2.55 bits per heavy atom. The molecule has 8 nitrogen and oxygen atoms in total. The minimum atomic E-state index is -0.652. The summed E-state index contributed by atoms with van der Waals surface area (Å²) in [7, 11) is 0.